The van der Waals surface area contributed by atoms with Crippen LogP contribution in [-0.4, -0.2) is 48.6 Å². The van der Waals surface area contributed by atoms with Crippen molar-refractivity contribution in [3.8, 4) is 0 Å². The molecule has 0 aromatic carbocycles. The van der Waals surface area contributed by atoms with Crippen LogP contribution in [0.1, 0.15) is 51.4 Å². The van der Waals surface area contributed by atoms with Gasteiger partial charge in [0.2, 0.25) is 0 Å². The first-order valence-electron chi connectivity index (χ1n) is 8.05. The second-order valence-corrected chi connectivity index (χ2v) is 6.11. The maximum atomic E-state index is 10.3. The smallest absolute Gasteiger partial charge is 0.133 e. The molecule has 3 N–H and O–H groups in total. The Morgan fingerprint density at radius 1 is 1.21 bits per heavy atom. The van der Waals surface area contributed by atoms with E-state index in [1.54, 1.807) is 0 Å². The van der Waals surface area contributed by atoms with Gasteiger partial charge in [-0.2, -0.15) is 0 Å². The van der Waals surface area contributed by atoms with Crippen LogP contribution in [-0.2, 0) is 4.74 Å². The van der Waals surface area contributed by atoms with E-state index in [0.29, 0.717) is 0 Å². The molecule has 2 aliphatic heterocycles. The number of hydrogen-bond donors (Lipinski definition) is 2. The largest absolute Gasteiger partial charge is 0.376 e. The fraction of sp³-hybridized carbons (Fsp3) is 1.00. The molecule has 2 aliphatic rings. The van der Waals surface area contributed by atoms with Gasteiger partial charge in [0.15, 0.2) is 0 Å². The van der Waals surface area contributed by atoms with Crippen molar-refractivity contribution in [3.63, 3.8) is 0 Å². The zero-order chi connectivity index (χ0) is 13.5. The van der Waals surface area contributed by atoms with Crippen LogP contribution < -0.4 is 5.73 Å². The summed E-state index contributed by atoms with van der Waals surface area (Å²) in [5, 5.41) is 10.3. The zero-order valence-electron chi connectivity index (χ0n) is 12.1. The highest BCUT2D eigenvalue weighted by atomic mass is 16.5. The minimum Gasteiger partial charge on any atom is -0.376 e. The lowest BCUT2D eigenvalue weighted by atomic mass is 10.00. The molecule has 0 bridgehead atoms. The van der Waals surface area contributed by atoms with Gasteiger partial charge in [-0.1, -0.05) is 19.3 Å². The summed E-state index contributed by atoms with van der Waals surface area (Å²) in [4.78, 5) is 2.22. The van der Waals surface area contributed by atoms with E-state index in [2.05, 4.69) is 4.90 Å². The molecule has 0 saturated carbocycles. The maximum absolute atomic E-state index is 10.3. The topological polar surface area (TPSA) is 58.7 Å². The zero-order valence-corrected chi connectivity index (χ0v) is 12.1. The van der Waals surface area contributed by atoms with Gasteiger partial charge in [-0.05, 0) is 44.6 Å². The van der Waals surface area contributed by atoms with Crippen molar-refractivity contribution in [1.29, 1.82) is 0 Å². The molecule has 0 radical (unpaired) electrons. The predicted molar refractivity (Wildman–Crippen MR) is 76.8 cm³/mol. The maximum Gasteiger partial charge on any atom is 0.133 e. The van der Waals surface area contributed by atoms with Crippen molar-refractivity contribution < 1.29 is 9.84 Å². The van der Waals surface area contributed by atoms with Crippen LogP contribution >= 0.6 is 0 Å². The third-order valence-electron chi connectivity index (χ3n) is 4.56. The van der Waals surface area contributed by atoms with Crippen LogP contribution in [0.5, 0.6) is 0 Å². The average molecular weight is 270 g/mol. The number of likely N-dealkylation sites (tertiary alicyclic amines) is 1. The molecule has 2 rings (SSSR count). The van der Waals surface area contributed by atoms with Gasteiger partial charge in [0.25, 0.3) is 0 Å². The van der Waals surface area contributed by atoms with E-state index in [1.807, 2.05) is 0 Å². The van der Waals surface area contributed by atoms with Crippen molar-refractivity contribution in [2.24, 2.45) is 11.7 Å². The predicted octanol–water partition coefficient (Wildman–Crippen LogP) is 1.71. The molecule has 4 heteroatoms. The van der Waals surface area contributed by atoms with Crippen LogP contribution in [0.3, 0.4) is 0 Å². The van der Waals surface area contributed by atoms with Crippen molar-refractivity contribution in [2.45, 2.75) is 63.7 Å². The first kappa shape index (κ1) is 15.2. The summed E-state index contributed by atoms with van der Waals surface area (Å²) in [5.41, 5.74) is 5.50. The first-order chi connectivity index (χ1) is 9.31. The molecular formula is C15H30N2O2. The molecule has 0 spiro atoms. The standard InChI is InChI=1S/C15H30N2O2/c16-9-4-2-1-3-6-13-8-10-17(12-13)15(18)14-7-5-11-19-14/h13-15,18H,1-12,16H2. The molecule has 0 aliphatic carbocycles. The van der Waals surface area contributed by atoms with E-state index in [4.69, 9.17) is 10.5 Å². The normalized spacial score (nSPS) is 30.0. The van der Waals surface area contributed by atoms with Gasteiger partial charge in [-0.25, -0.2) is 0 Å². The van der Waals surface area contributed by atoms with Gasteiger partial charge in [0, 0.05) is 19.7 Å². The fourth-order valence-electron chi connectivity index (χ4n) is 3.34. The number of unbranched alkanes of at least 4 members (excludes halogenated alkanes) is 3. The van der Waals surface area contributed by atoms with E-state index < -0.39 is 0 Å². The molecule has 0 aromatic rings. The highest BCUT2D eigenvalue weighted by Gasteiger charge is 2.33. The van der Waals surface area contributed by atoms with Crippen molar-refractivity contribution in [3.05, 3.63) is 0 Å². The van der Waals surface area contributed by atoms with Crippen LogP contribution in [0.15, 0.2) is 0 Å². The molecule has 4 nitrogen and oxygen atoms in total. The van der Waals surface area contributed by atoms with Crippen molar-refractivity contribution in [2.75, 3.05) is 26.2 Å². The molecule has 0 aromatic heterocycles. The minimum atomic E-state index is -0.371. The van der Waals surface area contributed by atoms with E-state index in [1.165, 1.54) is 32.1 Å². The summed E-state index contributed by atoms with van der Waals surface area (Å²) in [6, 6.07) is 0. The van der Waals surface area contributed by atoms with Crippen LogP contribution in [0.2, 0.25) is 0 Å². The number of hydrogen-bond acceptors (Lipinski definition) is 4. The van der Waals surface area contributed by atoms with Crippen LogP contribution in [0.4, 0.5) is 0 Å². The highest BCUT2D eigenvalue weighted by Crippen LogP contribution is 2.27. The third-order valence-corrected chi connectivity index (χ3v) is 4.56. The summed E-state index contributed by atoms with van der Waals surface area (Å²) in [7, 11) is 0. The molecule has 0 amide bonds. The van der Waals surface area contributed by atoms with E-state index in [0.717, 1.165) is 51.4 Å². The van der Waals surface area contributed by atoms with Crippen molar-refractivity contribution >= 4 is 0 Å². The highest BCUT2D eigenvalue weighted by molar-refractivity contribution is 4.82. The summed E-state index contributed by atoms with van der Waals surface area (Å²) >= 11 is 0. The Hall–Kier alpha value is -0.160. The lowest BCUT2D eigenvalue weighted by molar-refractivity contribution is -0.0834. The number of aliphatic hydroxyl groups is 1. The summed E-state index contributed by atoms with van der Waals surface area (Å²) in [5.74, 6) is 0.772. The van der Waals surface area contributed by atoms with Gasteiger partial charge in [-0.15, -0.1) is 0 Å². The van der Waals surface area contributed by atoms with Gasteiger partial charge in [0.1, 0.15) is 6.23 Å². The van der Waals surface area contributed by atoms with E-state index >= 15 is 0 Å². The monoisotopic (exact) mass is 270 g/mol. The SMILES string of the molecule is NCCCCCCC1CCN(C(O)C2CCCO2)C1. The summed E-state index contributed by atoms with van der Waals surface area (Å²) in [6.07, 6.45) is 9.39. The summed E-state index contributed by atoms with van der Waals surface area (Å²) < 4.78 is 5.58. The van der Waals surface area contributed by atoms with Gasteiger partial charge >= 0.3 is 0 Å². The quantitative estimate of drug-likeness (QED) is 0.659. The lowest BCUT2D eigenvalue weighted by Gasteiger charge is -2.27. The number of nitrogens with two attached hydrogens (primary N) is 1. The summed E-state index contributed by atoms with van der Waals surface area (Å²) in [6.45, 7) is 3.73. The van der Waals surface area contributed by atoms with Gasteiger partial charge in [0.05, 0.1) is 6.10 Å². The average Bonchev–Trinajstić information content (AvgIpc) is 3.09. The second kappa shape index (κ2) is 8.20. The minimum absolute atomic E-state index is 0.0586. The molecular weight excluding hydrogens is 240 g/mol. The molecule has 112 valence electrons. The van der Waals surface area contributed by atoms with Crippen LogP contribution in [0.25, 0.3) is 0 Å². The molecule has 3 atom stereocenters. The van der Waals surface area contributed by atoms with E-state index in [-0.39, 0.29) is 12.3 Å². The Morgan fingerprint density at radius 2 is 2.05 bits per heavy atom. The van der Waals surface area contributed by atoms with Crippen molar-refractivity contribution in [1.82, 2.24) is 4.90 Å². The Bertz CT molecular complexity index is 244. The Balaban J connectivity index is 1.59. The van der Waals surface area contributed by atoms with Gasteiger partial charge in [-0.3, -0.25) is 4.90 Å². The number of ether oxygens (including phenoxy) is 1. The second-order valence-electron chi connectivity index (χ2n) is 6.11. The molecule has 3 unspecified atom stereocenters. The number of rotatable bonds is 8. The lowest BCUT2D eigenvalue weighted by Crippen LogP contribution is -2.42. The molecule has 19 heavy (non-hydrogen) atoms. The Labute approximate surface area is 117 Å². The molecule has 2 fully saturated rings. The van der Waals surface area contributed by atoms with E-state index in [9.17, 15) is 5.11 Å². The van der Waals surface area contributed by atoms with Gasteiger partial charge < -0.3 is 15.6 Å². The van der Waals surface area contributed by atoms with Crippen LogP contribution in [0, 0.1) is 5.92 Å². The Morgan fingerprint density at radius 3 is 2.79 bits per heavy atom. The first-order valence-corrected chi connectivity index (χ1v) is 8.05. The third kappa shape index (κ3) is 4.71. The number of nitrogens with zero attached hydrogens (tertiary/aromatic N) is 1. The Kier molecular flexibility index (Phi) is 6.57. The fourth-order valence-corrected chi connectivity index (χ4v) is 3.34. The number of aliphatic hydroxyl groups excluding tert-OH is 1. The molecule has 2 saturated heterocycles. The molecule has 2 heterocycles.